The Labute approximate surface area is 121 Å². The predicted molar refractivity (Wildman–Crippen MR) is 77.8 cm³/mol. The van der Waals surface area contributed by atoms with E-state index in [9.17, 15) is 8.42 Å². The van der Waals surface area contributed by atoms with E-state index in [1.165, 1.54) is 42.5 Å². The van der Waals surface area contributed by atoms with Crippen LogP contribution in [-0.2, 0) is 10.0 Å². The second-order valence-corrected chi connectivity index (χ2v) is 6.09. The van der Waals surface area contributed by atoms with E-state index in [1.54, 1.807) is 0 Å². The van der Waals surface area contributed by atoms with Crippen LogP contribution >= 0.6 is 11.6 Å². The molecule has 2 aromatic rings. The number of sulfonamides is 1. The molecule has 2 rings (SSSR count). The van der Waals surface area contributed by atoms with Crippen molar-refractivity contribution in [3.63, 3.8) is 0 Å². The summed E-state index contributed by atoms with van der Waals surface area (Å²) in [6, 6.07) is 12.0. The molecule has 2 aromatic carbocycles. The molecular weight excluding hydrogens is 298 g/mol. The lowest BCUT2D eigenvalue weighted by molar-refractivity contribution is 0.601. The van der Waals surface area contributed by atoms with Gasteiger partial charge >= 0.3 is 0 Å². The Morgan fingerprint density at radius 3 is 2.40 bits per heavy atom. The van der Waals surface area contributed by atoms with Crippen LogP contribution in [0.5, 0.6) is 0 Å². The smallest absolute Gasteiger partial charge is 0.261 e. The van der Waals surface area contributed by atoms with Crippen LogP contribution in [0.15, 0.2) is 47.4 Å². The van der Waals surface area contributed by atoms with Crippen LogP contribution in [-0.4, -0.2) is 8.42 Å². The van der Waals surface area contributed by atoms with Crippen LogP contribution in [0.1, 0.15) is 5.56 Å². The van der Waals surface area contributed by atoms with Crippen LogP contribution in [0.3, 0.4) is 0 Å². The molecule has 0 unspecified atom stereocenters. The third kappa shape index (κ3) is 3.02. The van der Waals surface area contributed by atoms with Crippen molar-refractivity contribution in [2.75, 3.05) is 10.5 Å². The summed E-state index contributed by atoms with van der Waals surface area (Å²) in [5, 5.41) is 9.26. The van der Waals surface area contributed by atoms with E-state index in [4.69, 9.17) is 22.6 Å². The van der Waals surface area contributed by atoms with Gasteiger partial charge in [-0.1, -0.05) is 11.6 Å². The topological polar surface area (TPSA) is 96.0 Å². The zero-order chi connectivity index (χ0) is 14.8. The number of nitrogens with two attached hydrogens (primary N) is 1. The molecule has 0 amide bonds. The van der Waals surface area contributed by atoms with E-state index in [-0.39, 0.29) is 16.3 Å². The molecule has 0 aliphatic carbocycles. The highest BCUT2D eigenvalue weighted by molar-refractivity contribution is 7.92. The van der Waals surface area contributed by atoms with Gasteiger partial charge in [0.1, 0.15) is 0 Å². The van der Waals surface area contributed by atoms with Crippen LogP contribution < -0.4 is 10.5 Å². The molecule has 0 heterocycles. The molecule has 0 saturated carbocycles. The third-order valence-electron chi connectivity index (χ3n) is 2.55. The number of nitriles is 1. The molecule has 0 radical (unpaired) electrons. The van der Waals surface area contributed by atoms with Crippen molar-refractivity contribution >= 4 is 33.0 Å². The van der Waals surface area contributed by atoms with Gasteiger partial charge in [0.25, 0.3) is 10.0 Å². The van der Waals surface area contributed by atoms with Gasteiger partial charge in [-0.15, -0.1) is 0 Å². The highest BCUT2D eigenvalue weighted by Crippen LogP contribution is 2.24. The third-order valence-corrected chi connectivity index (χ3v) is 4.18. The van der Waals surface area contributed by atoms with Gasteiger partial charge in [-0.25, -0.2) is 8.42 Å². The normalized spacial score (nSPS) is 10.8. The first-order chi connectivity index (χ1) is 9.42. The zero-order valence-corrected chi connectivity index (χ0v) is 11.7. The van der Waals surface area contributed by atoms with Gasteiger partial charge in [0.15, 0.2) is 0 Å². The second kappa shape index (κ2) is 5.41. The summed E-state index contributed by atoms with van der Waals surface area (Å²) in [5.41, 5.74) is 6.41. The summed E-state index contributed by atoms with van der Waals surface area (Å²) in [4.78, 5) is 0.0589. The average Bonchev–Trinajstić information content (AvgIpc) is 2.41. The molecule has 0 spiro atoms. The van der Waals surface area contributed by atoms with Gasteiger partial charge in [0, 0.05) is 5.02 Å². The number of halogens is 1. The van der Waals surface area contributed by atoms with Crippen LogP contribution in [0, 0.1) is 11.3 Å². The lowest BCUT2D eigenvalue weighted by Gasteiger charge is -2.10. The van der Waals surface area contributed by atoms with Gasteiger partial charge in [-0.2, -0.15) is 5.26 Å². The van der Waals surface area contributed by atoms with E-state index < -0.39 is 10.0 Å². The zero-order valence-electron chi connectivity index (χ0n) is 10.2. The van der Waals surface area contributed by atoms with Crippen molar-refractivity contribution < 1.29 is 8.42 Å². The number of hydrogen-bond acceptors (Lipinski definition) is 4. The van der Waals surface area contributed by atoms with Crippen molar-refractivity contribution in [1.29, 1.82) is 5.26 Å². The molecule has 7 heteroatoms. The number of anilines is 2. The van der Waals surface area contributed by atoms with E-state index >= 15 is 0 Å². The standard InChI is InChI=1S/C13H10ClN3O2S/c14-10-2-4-11(5-3-10)20(18,19)17-13-7-9(8-15)1-6-12(13)16/h1-7,17H,16H2. The lowest BCUT2D eigenvalue weighted by Crippen LogP contribution is -2.14. The van der Waals surface area contributed by atoms with Crippen molar-refractivity contribution in [3.8, 4) is 6.07 Å². The molecule has 0 aliphatic heterocycles. The fourth-order valence-corrected chi connectivity index (χ4v) is 2.74. The summed E-state index contributed by atoms with van der Waals surface area (Å²) in [6.07, 6.45) is 0. The number of nitrogen functional groups attached to an aromatic ring is 1. The largest absolute Gasteiger partial charge is 0.397 e. The Bertz CT molecular complexity index is 780. The van der Waals surface area contributed by atoms with Crippen LogP contribution in [0.4, 0.5) is 11.4 Å². The maximum absolute atomic E-state index is 12.2. The van der Waals surface area contributed by atoms with Crippen LogP contribution in [0.2, 0.25) is 5.02 Å². The Morgan fingerprint density at radius 2 is 1.80 bits per heavy atom. The monoisotopic (exact) mass is 307 g/mol. The second-order valence-electron chi connectivity index (χ2n) is 3.97. The maximum Gasteiger partial charge on any atom is 0.261 e. The minimum absolute atomic E-state index is 0.0589. The van der Waals surface area contributed by atoms with Gasteiger partial charge in [0.2, 0.25) is 0 Å². The number of benzene rings is 2. The molecule has 0 aliphatic rings. The Morgan fingerprint density at radius 1 is 1.15 bits per heavy atom. The van der Waals surface area contributed by atoms with E-state index in [0.717, 1.165) is 0 Å². The summed E-state index contributed by atoms with van der Waals surface area (Å²) < 4.78 is 26.7. The number of rotatable bonds is 3. The first kappa shape index (κ1) is 14.2. The van der Waals surface area contributed by atoms with Gasteiger partial charge in [-0.3, -0.25) is 4.72 Å². The van der Waals surface area contributed by atoms with Crippen molar-refractivity contribution in [1.82, 2.24) is 0 Å². The summed E-state index contributed by atoms with van der Waals surface area (Å²) in [6.45, 7) is 0. The number of hydrogen-bond donors (Lipinski definition) is 2. The first-order valence-electron chi connectivity index (χ1n) is 5.50. The Kier molecular flexibility index (Phi) is 3.84. The summed E-state index contributed by atoms with van der Waals surface area (Å²) in [5.74, 6) is 0. The Hall–Kier alpha value is -2.23. The quantitative estimate of drug-likeness (QED) is 0.852. The maximum atomic E-state index is 12.2. The molecule has 0 saturated heterocycles. The number of nitrogens with one attached hydrogen (secondary N) is 1. The average molecular weight is 308 g/mol. The van der Waals surface area contributed by atoms with Crippen molar-refractivity contribution in [2.45, 2.75) is 4.90 Å². The fourth-order valence-electron chi connectivity index (χ4n) is 1.53. The highest BCUT2D eigenvalue weighted by atomic mass is 35.5. The van der Waals surface area contributed by atoms with Gasteiger partial charge in [0.05, 0.1) is 27.9 Å². The minimum Gasteiger partial charge on any atom is -0.397 e. The molecule has 0 fully saturated rings. The molecular formula is C13H10ClN3O2S. The fraction of sp³-hybridized carbons (Fsp3) is 0. The molecule has 5 nitrogen and oxygen atoms in total. The first-order valence-corrected chi connectivity index (χ1v) is 7.36. The summed E-state index contributed by atoms with van der Waals surface area (Å²) in [7, 11) is -3.78. The molecule has 3 N–H and O–H groups in total. The molecule has 0 aromatic heterocycles. The van der Waals surface area contributed by atoms with Crippen LogP contribution in [0.25, 0.3) is 0 Å². The predicted octanol–water partition coefficient (Wildman–Crippen LogP) is 2.59. The molecule has 0 bridgehead atoms. The van der Waals surface area contributed by atoms with E-state index in [0.29, 0.717) is 10.6 Å². The summed E-state index contributed by atoms with van der Waals surface area (Å²) >= 11 is 5.72. The van der Waals surface area contributed by atoms with Gasteiger partial charge < -0.3 is 5.73 Å². The molecule has 20 heavy (non-hydrogen) atoms. The lowest BCUT2D eigenvalue weighted by atomic mass is 10.2. The molecule has 0 atom stereocenters. The van der Waals surface area contributed by atoms with E-state index in [1.807, 2.05) is 6.07 Å². The van der Waals surface area contributed by atoms with Crippen molar-refractivity contribution in [2.24, 2.45) is 0 Å². The minimum atomic E-state index is -3.78. The SMILES string of the molecule is N#Cc1ccc(N)c(NS(=O)(=O)c2ccc(Cl)cc2)c1. The van der Waals surface area contributed by atoms with Crippen molar-refractivity contribution in [3.05, 3.63) is 53.1 Å². The van der Waals surface area contributed by atoms with Gasteiger partial charge in [-0.05, 0) is 42.5 Å². The Balaban J connectivity index is 2.38. The highest BCUT2D eigenvalue weighted by Gasteiger charge is 2.15. The number of nitrogens with zero attached hydrogens (tertiary/aromatic N) is 1. The van der Waals surface area contributed by atoms with E-state index in [2.05, 4.69) is 4.72 Å². The molecule has 102 valence electrons.